The molecule has 0 aliphatic carbocycles. The Morgan fingerprint density at radius 1 is 1.12 bits per heavy atom. The summed E-state index contributed by atoms with van der Waals surface area (Å²) < 4.78 is 0. The van der Waals surface area contributed by atoms with E-state index in [0.29, 0.717) is 21.3 Å². The molecule has 0 saturated carbocycles. The van der Waals surface area contributed by atoms with Gasteiger partial charge >= 0.3 is 0 Å². The number of thioether (sulfide) groups is 1. The third kappa shape index (κ3) is 3.28. The molecule has 0 radical (unpaired) electrons. The van der Waals surface area contributed by atoms with E-state index in [9.17, 15) is 9.59 Å². The maximum absolute atomic E-state index is 12.8. The van der Waals surface area contributed by atoms with Crippen LogP contribution in [0.25, 0.3) is 5.57 Å². The number of carbonyl (C=O) groups is 2. The number of aliphatic hydroxyl groups excluding tert-OH is 1. The Bertz CT molecular complexity index is 802. The number of rotatable bonds is 6. The van der Waals surface area contributed by atoms with Gasteiger partial charge in [-0.15, -0.1) is 23.1 Å². The molecule has 0 fully saturated rings. The van der Waals surface area contributed by atoms with Crippen LogP contribution < -0.4 is 0 Å². The van der Waals surface area contributed by atoms with Crippen molar-refractivity contribution >= 4 is 52.1 Å². The normalized spacial score (nSPS) is 14.8. The zero-order valence-electron chi connectivity index (χ0n) is 12.6. The Morgan fingerprint density at radius 3 is 2.58 bits per heavy atom. The number of carbonyl (C=O) groups excluding carboxylic acids is 2. The van der Waals surface area contributed by atoms with E-state index in [4.69, 9.17) is 16.7 Å². The molecule has 0 atom stereocenters. The van der Waals surface area contributed by atoms with Crippen molar-refractivity contribution in [2.24, 2.45) is 0 Å². The van der Waals surface area contributed by atoms with E-state index in [1.807, 2.05) is 23.6 Å². The van der Waals surface area contributed by atoms with Crippen LogP contribution in [0.1, 0.15) is 10.4 Å². The molecule has 0 saturated heterocycles. The van der Waals surface area contributed by atoms with Gasteiger partial charge in [0.25, 0.3) is 11.8 Å². The third-order valence-corrected chi connectivity index (χ3v) is 5.83. The number of benzene rings is 1. The highest BCUT2D eigenvalue weighted by Crippen LogP contribution is 2.38. The summed E-state index contributed by atoms with van der Waals surface area (Å²) in [7, 11) is 0. The van der Waals surface area contributed by atoms with Crippen molar-refractivity contribution in [1.82, 2.24) is 4.90 Å². The van der Waals surface area contributed by atoms with Crippen molar-refractivity contribution in [2.45, 2.75) is 6.54 Å². The maximum atomic E-state index is 12.8. The topological polar surface area (TPSA) is 57.6 Å². The summed E-state index contributed by atoms with van der Waals surface area (Å²) in [5.74, 6) is -0.284. The molecular formula is C17H14ClNO3S2. The number of thiophene rings is 1. The molecule has 7 heteroatoms. The van der Waals surface area contributed by atoms with Crippen molar-refractivity contribution in [2.75, 3.05) is 12.4 Å². The lowest BCUT2D eigenvalue weighted by Crippen LogP contribution is -2.31. The lowest BCUT2D eigenvalue weighted by molar-refractivity contribution is -0.137. The van der Waals surface area contributed by atoms with Gasteiger partial charge in [-0.1, -0.05) is 35.9 Å². The molecule has 124 valence electrons. The fourth-order valence-electron chi connectivity index (χ4n) is 2.41. The Balaban J connectivity index is 1.94. The maximum Gasteiger partial charge on any atom is 0.268 e. The van der Waals surface area contributed by atoms with Gasteiger partial charge in [0.05, 0.1) is 23.6 Å². The van der Waals surface area contributed by atoms with Gasteiger partial charge in [0.1, 0.15) is 0 Å². The zero-order valence-corrected chi connectivity index (χ0v) is 15.0. The van der Waals surface area contributed by atoms with E-state index in [2.05, 4.69) is 0 Å². The highest BCUT2D eigenvalue weighted by atomic mass is 35.5. The minimum absolute atomic E-state index is 0.0577. The van der Waals surface area contributed by atoms with Crippen molar-refractivity contribution in [3.05, 3.63) is 62.1 Å². The molecule has 2 amide bonds. The van der Waals surface area contributed by atoms with E-state index in [-0.39, 0.29) is 25.0 Å². The Morgan fingerprint density at radius 2 is 1.92 bits per heavy atom. The SMILES string of the molecule is O=C1C(SCCO)=C(c2cccs2)C(=O)N1Cc1ccccc1Cl. The highest BCUT2D eigenvalue weighted by molar-refractivity contribution is 8.04. The predicted molar refractivity (Wildman–Crippen MR) is 97.8 cm³/mol. The average Bonchev–Trinajstić information content (AvgIpc) is 3.17. The van der Waals surface area contributed by atoms with Crippen molar-refractivity contribution in [3.8, 4) is 0 Å². The van der Waals surface area contributed by atoms with Crippen molar-refractivity contribution in [3.63, 3.8) is 0 Å². The van der Waals surface area contributed by atoms with E-state index < -0.39 is 0 Å². The van der Waals surface area contributed by atoms with Crippen LogP contribution in [0.5, 0.6) is 0 Å². The standard InChI is InChI=1S/C17H14ClNO3S2/c18-12-5-2-1-4-11(12)10-19-16(21)14(13-6-3-8-23-13)15(17(19)22)24-9-7-20/h1-6,8,20H,7,9-10H2. The quantitative estimate of drug-likeness (QED) is 0.781. The first kappa shape index (κ1) is 17.2. The fourth-order valence-corrected chi connectivity index (χ4v) is 4.31. The number of hydrogen-bond acceptors (Lipinski definition) is 5. The second-order valence-electron chi connectivity index (χ2n) is 5.04. The third-order valence-electron chi connectivity index (χ3n) is 3.52. The Hall–Kier alpha value is -1.60. The molecule has 1 aromatic heterocycles. The van der Waals surface area contributed by atoms with E-state index in [1.165, 1.54) is 28.0 Å². The average molecular weight is 380 g/mol. The van der Waals surface area contributed by atoms with Crippen molar-refractivity contribution < 1.29 is 14.7 Å². The van der Waals surface area contributed by atoms with Gasteiger partial charge in [-0.25, -0.2) is 0 Å². The van der Waals surface area contributed by atoms with Crippen LogP contribution in [0, 0.1) is 0 Å². The number of aliphatic hydroxyl groups is 1. The molecule has 0 spiro atoms. The second kappa shape index (κ2) is 7.53. The number of nitrogens with zero attached hydrogens (tertiary/aromatic N) is 1. The van der Waals surface area contributed by atoms with Crippen LogP contribution in [0.4, 0.5) is 0 Å². The first-order valence-electron chi connectivity index (χ1n) is 7.25. The molecule has 1 aliphatic heterocycles. The Kier molecular flexibility index (Phi) is 5.40. The number of halogens is 1. The minimum atomic E-state index is -0.332. The largest absolute Gasteiger partial charge is 0.396 e. The summed E-state index contributed by atoms with van der Waals surface area (Å²) in [6.07, 6.45) is 0. The lowest BCUT2D eigenvalue weighted by Gasteiger charge is -2.16. The zero-order chi connectivity index (χ0) is 17.1. The van der Waals surface area contributed by atoms with Gasteiger partial charge in [0.2, 0.25) is 0 Å². The first-order valence-corrected chi connectivity index (χ1v) is 9.49. The van der Waals surface area contributed by atoms with Gasteiger partial charge in [-0.3, -0.25) is 14.5 Å². The summed E-state index contributed by atoms with van der Waals surface area (Å²) in [6.45, 7) is 0.0767. The van der Waals surface area contributed by atoms with Gasteiger partial charge in [-0.05, 0) is 23.1 Å². The second-order valence-corrected chi connectivity index (χ2v) is 7.50. The summed E-state index contributed by atoms with van der Waals surface area (Å²) in [4.78, 5) is 28.0. The number of hydrogen-bond donors (Lipinski definition) is 1. The van der Waals surface area contributed by atoms with Crippen LogP contribution in [-0.4, -0.2) is 34.2 Å². The number of imide groups is 1. The van der Waals surface area contributed by atoms with Crippen LogP contribution in [0.3, 0.4) is 0 Å². The van der Waals surface area contributed by atoms with Gasteiger partial charge in [0.15, 0.2) is 0 Å². The summed E-state index contributed by atoms with van der Waals surface area (Å²) >= 11 is 8.78. The van der Waals surface area contributed by atoms with Gasteiger partial charge in [-0.2, -0.15) is 0 Å². The number of amides is 2. The molecular weight excluding hydrogens is 366 g/mol. The van der Waals surface area contributed by atoms with Gasteiger partial charge in [0, 0.05) is 15.7 Å². The van der Waals surface area contributed by atoms with E-state index in [0.717, 1.165) is 10.4 Å². The molecule has 24 heavy (non-hydrogen) atoms. The summed E-state index contributed by atoms with van der Waals surface area (Å²) in [5, 5.41) is 11.5. The fraction of sp³-hybridized carbons (Fsp3) is 0.176. The van der Waals surface area contributed by atoms with Crippen LogP contribution >= 0.6 is 34.7 Å². The molecule has 1 aromatic carbocycles. The lowest BCUT2D eigenvalue weighted by atomic mass is 10.2. The van der Waals surface area contributed by atoms with Crippen molar-refractivity contribution in [1.29, 1.82) is 0 Å². The minimum Gasteiger partial charge on any atom is -0.396 e. The Labute approximate surface area is 152 Å². The smallest absolute Gasteiger partial charge is 0.268 e. The monoisotopic (exact) mass is 379 g/mol. The molecule has 4 nitrogen and oxygen atoms in total. The van der Waals surface area contributed by atoms with Crippen LogP contribution in [-0.2, 0) is 16.1 Å². The summed E-state index contributed by atoms with van der Waals surface area (Å²) in [6, 6.07) is 10.8. The van der Waals surface area contributed by atoms with Crippen LogP contribution in [0.2, 0.25) is 5.02 Å². The van der Waals surface area contributed by atoms with E-state index >= 15 is 0 Å². The summed E-state index contributed by atoms with van der Waals surface area (Å²) in [5.41, 5.74) is 1.14. The molecule has 1 N–H and O–H groups in total. The van der Waals surface area contributed by atoms with Gasteiger partial charge < -0.3 is 5.11 Å². The predicted octanol–water partition coefficient (Wildman–Crippen LogP) is 3.41. The molecule has 3 rings (SSSR count). The van der Waals surface area contributed by atoms with Crippen LogP contribution in [0.15, 0.2) is 46.7 Å². The highest BCUT2D eigenvalue weighted by Gasteiger charge is 2.39. The molecule has 2 heterocycles. The molecule has 0 bridgehead atoms. The molecule has 0 unspecified atom stereocenters. The first-order chi connectivity index (χ1) is 11.6. The molecule has 2 aromatic rings. The van der Waals surface area contributed by atoms with E-state index in [1.54, 1.807) is 18.2 Å². The molecule has 1 aliphatic rings.